The third-order valence-electron chi connectivity index (χ3n) is 1.26. The topological polar surface area (TPSA) is 58.6 Å². The predicted molar refractivity (Wildman–Crippen MR) is 45.8 cm³/mol. The molecule has 0 aliphatic rings. The number of hydrogen-bond acceptors (Lipinski definition) is 3. The average Bonchev–Trinajstić information content (AvgIpc) is 2.01. The highest BCUT2D eigenvalue weighted by atomic mass is 16.5. The molecule has 0 aliphatic heterocycles. The SMILES string of the molecule is C=CCOC(=O)NC(C)CCO. The number of hydrogen-bond donors (Lipinski definition) is 2. The molecule has 0 saturated heterocycles. The number of carbonyl (C=O) groups excluding carboxylic acids is 1. The number of aliphatic hydroxyl groups is 1. The molecule has 0 rings (SSSR count). The fourth-order valence-corrected chi connectivity index (χ4v) is 0.643. The Bertz CT molecular complexity index is 147. The molecule has 70 valence electrons. The Morgan fingerprint density at radius 3 is 3.00 bits per heavy atom. The maximum atomic E-state index is 10.8. The van der Waals surface area contributed by atoms with Crippen molar-refractivity contribution in [3.8, 4) is 0 Å². The van der Waals surface area contributed by atoms with Crippen LogP contribution in [-0.2, 0) is 4.74 Å². The molecule has 12 heavy (non-hydrogen) atoms. The Balaban J connectivity index is 3.46. The zero-order chi connectivity index (χ0) is 9.40. The second-order valence-corrected chi connectivity index (χ2v) is 2.44. The van der Waals surface area contributed by atoms with Gasteiger partial charge in [-0.1, -0.05) is 12.7 Å². The molecule has 0 fully saturated rings. The highest BCUT2D eigenvalue weighted by Gasteiger charge is 2.05. The van der Waals surface area contributed by atoms with Gasteiger partial charge in [-0.15, -0.1) is 0 Å². The van der Waals surface area contributed by atoms with Crippen LogP contribution in [0.25, 0.3) is 0 Å². The Morgan fingerprint density at radius 2 is 2.50 bits per heavy atom. The van der Waals surface area contributed by atoms with E-state index in [0.29, 0.717) is 6.42 Å². The van der Waals surface area contributed by atoms with Crippen molar-refractivity contribution in [3.05, 3.63) is 12.7 Å². The Hall–Kier alpha value is -1.03. The third-order valence-corrected chi connectivity index (χ3v) is 1.26. The second kappa shape index (κ2) is 6.67. The van der Waals surface area contributed by atoms with Crippen LogP contribution in [0.2, 0.25) is 0 Å². The Kier molecular flexibility index (Phi) is 6.09. The molecule has 0 heterocycles. The van der Waals surface area contributed by atoms with E-state index in [1.807, 2.05) is 0 Å². The summed E-state index contributed by atoms with van der Waals surface area (Å²) in [6.07, 6.45) is 1.55. The number of ether oxygens (including phenoxy) is 1. The van der Waals surface area contributed by atoms with Gasteiger partial charge in [0.15, 0.2) is 0 Å². The van der Waals surface area contributed by atoms with Crippen molar-refractivity contribution in [2.75, 3.05) is 13.2 Å². The van der Waals surface area contributed by atoms with E-state index in [0.717, 1.165) is 0 Å². The monoisotopic (exact) mass is 173 g/mol. The number of amides is 1. The van der Waals surface area contributed by atoms with E-state index >= 15 is 0 Å². The summed E-state index contributed by atoms with van der Waals surface area (Å²) in [5.41, 5.74) is 0. The lowest BCUT2D eigenvalue weighted by Crippen LogP contribution is -2.33. The number of carbonyl (C=O) groups is 1. The molecule has 0 aromatic heterocycles. The molecule has 2 N–H and O–H groups in total. The van der Waals surface area contributed by atoms with Crippen LogP contribution >= 0.6 is 0 Å². The summed E-state index contributed by atoms with van der Waals surface area (Å²) in [5, 5.41) is 11.1. The van der Waals surface area contributed by atoms with Gasteiger partial charge in [0.25, 0.3) is 0 Å². The first-order chi connectivity index (χ1) is 5.70. The summed E-state index contributed by atoms with van der Waals surface area (Å²) in [7, 11) is 0. The lowest BCUT2D eigenvalue weighted by molar-refractivity contribution is 0.152. The van der Waals surface area contributed by atoms with E-state index in [1.165, 1.54) is 6.08 Å². The molecule has 0 aromatic carbocycles. The minimum absolute atomic E-state index is 0.0584. The summed E-state index contributed by atoms with van der Waals surface area (Å²) in [6, 6.07) is -0.0627. The van der Waals surface area contributed by atoms with E-state index in [9.17, 15) is 4.79 Å². The summed E-state index contributed by atoms with van der Waals surface area (Å²) >= 11 is 0. The standard InChI is InChI=1S/C8H15NO3/c1-3-6-12-8(11)9-7(2)4-5-10/h3,7,10H,1,4-6H2,2H3,(H,9,11). The number of aliphatic hydroxyl groups excluding tert-OH is 1. The number of alkyl carbamates (subject to hydrolysis) is 1. The molecule has 0 aromatic rings. The van der Waals surface area contributed by atoms with Gasteiger partial charge in [-0.25, -0.2) is 4.79 Å². The van der Waals surface area contributed by atoms with E-state index in [2.05, 4.69) is 16.6 Å². The van der Waals surface area contributed by atoms with Crippen LogP contribution in [0.5, 0.6) is 0 Å². The fourth-order valence-electron chi connectivity index (χ4n) is 0.643. The van der Waals surface area contributed by atoms with Crippen LogP contribution in [-0.4, -0.2) is 30.5 Å². The summed E-state index contributed by atoms with van der Waals surface area (Å²) < 4.78 is 4.66. The van der Waals surface area contributed by atoms with Gasteiger partial charge in [0.1, 0.15) is 6.61 Å². The van der Waals surface area contributed by atoms with Crippen molar-refractivity contribution in [1.29, 1.82) is 0 Å². The van der Waals surface area contributed by atoms with Crippen molar-refractivity contribution in [1.82, 2.24) is 5.32 Å². The van der Waals surface area contributed by atoms with Gasteiger partial charge in [0.05, 0.1) is 0 Å². The minimum atomic E-state index is -0.476. The Morgan fingerprint density at radius 1 is 1.83 bits per heavy atom. The van der Waals surface area contributed by atoms with Gasteiger partial charge in [-0.2, -0.15) is 0 Å². The van der Waals surface area contributed by atoms with Crippen LogP contribution in [0.4, 0.5) is 4.79 Å². The van der Waals surface area contributed by atoms with Crippen molar-refractivity contribution < 1.29 is 14.6 Å². The van der Waals surface area contributed by atoms with Crippen LogP contribution in [0.1, 0.15) is 13.3 Å². The van der Waals surface area contributed by atoms with Gasteiger partial charge in [-0.05, 0) is 13.3 Å². The van der Waals surface area contributed by atoms with Crippen molar-refractivity contribution in [3.63, 3.8) is 0 Å². The molecule has 1 atom stereocenters. The molecule has 0 bridgehead atoms. The molecule has 0 radical (unpaired) electrons. The van der Waals surface area contributed by atoms with E-state index in [1.54, 1.807) is 6.92 Å². The molecule has 0 spiro atoms. The molecule has 1 unspecified atom stereocenters. The normalized spacial score (nSPS) is 11.8. The quantitative estimate of drug-likeness (QED) is 0.601. The zero-order valence-corrected chi connectivity index (χ0v) is 7.25. The van der Waals surface area contributed by atoms with Crippen molar-refractivity contribution >= 4 is 6.09 Å². The first-order valence-electron chi connectivity index (χ1n) is 3.85. The van der Waals surface area contributed by atoms with Gasteiger partial charge < -0.3 is 15.2 Å². The van der Waals surface area contributed by atoms with E-state index in [4.69, 9.17) is 5.11 Å². The largest absolute Gasteiger partial charge is 0.445 e. The van der Waals surface area contributed by atoms with Crippen molar-refractivity contribution in [2.45, 2.75) is 19.4 Å². The molecule has 0 saturated carbocycles. The zero-order valence-electron chi connectivity index (χ0n) is 7.25. The summed E-state index contributed by atoms with van der Waals surface area (Å²) in [5.74, 6) is 0. The van der Waals surface area contributed by atoms with E-state index < -0.39 is 6.09 Å². The maximum Gasteiger partial charge on any atom is 0.407 e. The molecule has 0 aliphatic carbocycles. The van der Waals surface area contributed by atoms with Gasteiger partial charge >= 0.3 is 6.09 Å². The van der Waals surface area contributed by atoms with Crippen LogP contribution in [0.15, 0.2) is 12.7 Å². The smallest absolute Gasteiger partial charge is 0.407 e. The predicted octanol–water partition coefficient (Wildman–Crippen LogP) is 0.669. The molecular weight excluding hydrogens is 158 g/mol. The van der Waals surface area contributed by atoms with Crippen molar-refractivity contribution in [2.24, 2.45) is 0 Å². The van der Waals surface area contributed by atoms with Crippen LogP contribution < -0.4 is 5.32 Å². The third kappa shape index (κ3) is 5.73. The van der Waals surface area contributed by atoms with Crippen LogP contribution in [0, 0.1) is 0 Å². The summed E-state index contributed by atoms with van der Waals surface area (Å²) in [4.78, 5) is 10.8. The average molecular weight is 173 g/mol. The van der Waals surface area contributed by atoms with Gasteiger partial charge in [0.2, 0.25) is 0 Å². The summed E-state index contributed by atoms with van der Waals surface area (Å²) in [6.45, 7) is 5.46. The number of rotatable bonds is 5. The first-order valence-corrected chi connectivity index (χ1v) is 3.85. The second-order valence-electron chi connectivity index (χ2n) is 2.44. The number of nitrogens with one attached hydrogen (secondary N) is 1. The molecule has 1 amide bonds. The van der Waals surface area contributed by atoms with Gasteiger partial charge in [0, 0.05) is 12.6 Å². The molecule has 4 nitrogen and oxygen atoms in total. The lowest BCUT2D eigenvalue weighted by atomic mass is 10.2. The molecule has 4 heteroatoms. The lowest BCUT2D eigenvalue weighted by Gasteiger charge is -2.11. The van der Waals surface area contributed by atoms with Crippen LogP contribution in [0.3, 0.4) is 0 Å². The highest BCUT2D eigenvalue weighted by molar-refractivity contribution is 5.67. The minimum Gasteiger partial charge on any atom is -0.445 e. The van der Waals surface area contributed by atoms with Gasteiger partial charge in [-0.3, -0.25) is 0 Å². The molecular formula is C8H15NO3. The fraction of sp³-hybridized carbons (Fsp3) is 0.625. The van der Waals surface area contributed by atoms with E-state index in [-0.39, 0.29) is 19.3 Å². The Labute approximate surface area is 72.2 Å². The first kappa shape index (κ1) is 11.0. The highest BCUT2D eigenvalue weighted by Crippen LogP contribution is 1.89. The maximum absolute atomic E-state index is 10.8.